The van der Waals surface area contributed by atoms with Gasteiger partial charge in [-0.3, -0.25) is 14.7 Å². The first-order valence-electron chi connectivity index (χ1n) is 8.40. The van der Waals surface area contributed by atoms with Gasteiger partial charge in [0.25, 0.3) is 5.56 Å². The summed E-state index contributed by atoms with van der Waals surface area (Å²) in [5.74, 6) is 0.534. The van der Waals surface area contributed by atoms with Gasteiger partial charge in [-0.05, 0) is 50.0 Å². The first kappa shape index (κ1) is 15.7. The summed E-state index contributed by atoms with van der Waals surface area (Å²) in [6.07, 6.45) is 2.77. The van der Waals surface area contributed by atoms with Gasteiger partial charge in [-0.2, -0.15) is 0 Å². The van der Waals surface area contributed by atoms with Crippen molar-refractivity contribution < 1.29 is 0 Å². The molecule has 122 valence electrons. The highest BCUT2D eigenvalue weighted by molar-refractivity contribution is 5.54. The van der Waals surface area contributed by atoms with Gasteiger partial charge in [0.15, 0.2) is 0 Å². The maximum Gasteiger partial charge on any atom is 0.255 e. The number of anilines is 2. The molecule has 0 spiro atoms. The Morgan fingerprint density at radius 3 is 2.61 bits per heavy atom. The van der Waals surface area contributed by atoms with Crippen LogP contribution in [0.25, 0.3) is 0 Å². The van der Waals surface area contributed by atoms with Crippen molar-refractivity contribution in [1.82, 2.24) is 14.9 Å². The average molecular weight is 312 g/mol. The predicted octanol–water partition coefficient (Wildman–Crippen LogP) is 2.84. The van der Waals surface area contributed by atoms with E-state index in [1.165, 1.54) is 5.56 Å². The van der Waals surface area contributed by atoms with E-state index in [2.05, 4.69) is 46.2 Å². The van der Waals surface area contributed by atoms with Gasteiger partial charge < -0.3 is 5.32 Å². The molecule has 5 nitrogen and oxygen atoms in total. The largest absolute Gasteiger partial charge is 0.326 e. The zero-order chi connectivity index (χ0) is 16.2. The van der Waals surface area contributed by atoms with Gasteiger partial charge in [0.05, 0.1) is 5.69 Å². The molecule has 0 aliphatic heterocycles. The van der Waals surface area contributed by atoms with E-state index in [0.29, 0.717) is 5.95 Å². The highest BCUT2D eigenvalue weighted by atomic mass is 16.1. The zero-order valence-corrected chi connectivity index (χ0v) is 13.9. The van der Waals surface area contributed by atoms with Crippen LogP contribution in [0.2, 0.25) is 0 Å². The topological polar surface area (TPSA) is 61.0 Å². The van der Waals surface area contributed by atoms with Crippen LogP contribution in [0.5, 0.6) is 0 Å². The first-order valence-corrected chi connectivity index (χ1v) is 8.40. The third-order valence-corrected chi connectivity index (χ3v) is 4.46. The lowest BCUT2D eigenvalue weighted by Gasteiger charge is -2.18. The molecule has 0 amide bonds. The standard InChI is InChI=1S/C18H24N4O/c1-3-22(4-2)12-13-8-10-14(11-9-13)19-18-20-16-7-5-6-15(16)17(23)21-18/h8-11H,3-7,12H2,1-2H3,(H2,19,20,21,23). The van der Waals surface area contributed by atoms with Crippen LogP contribution in [-0.2, 0) is 19.4 Å². The van der Waals surface area contributed by atoms with Crippen molar-refractivity contribution >= 4 is 11.6 Å². The lowest BCUT2D eigenvalue weighted by molar-refractivity contribution is 0.296. The smallest absolute Gasteiger partial charge is 0.255 e. The highest BCUT2D eigenvalue weighted by Gasteiger charge is 2.17. The van der Waals surface area contributed by atoms with E-state index in [9.17, 15) is 4.79 Å². The van der Waals surface area contributed by atoms with Crippen LogP contribution < -0.4 is 10.9 Å². The van der Waals surface area contributed by atoms with Crippen LogP contribution in [0.3, 0.4) is 0 Å². The molecule has 3 rings (SSSR count). The SMILES string of the molecule is CCN(CC)Cc1ccc(Nc2nc3c(c(=O)[nH]2)CCC3)cc1. The van der Waals surface area contributed by atoms with Crippen molar-refractivity contribution in [3.63, 3.8) is 0 Å². The van der Waals surface area contributed by atoms with Gasteiger partial charge >= 0.3 is 0 Å². The number of aryl methyl sites for hydroxylation is 1. The van der Waals surface area contributed by atoms with E-state index in [-0.39, 0.29) is 5.56 Å². The molecular weight excluding hydrogens is 288 g/mol. The Hall–Kier alpha value is -2.14. The Kier molecular flexibility index (Phi) is 4.76. The van der Waals surface area contributed by atoms with Crippen molar-refractivity contribution in [3.8, 4) is 0 Å². The molecule has 0 unspecified atom stereocenters. The molecule has 2 N–H and O–H groups in total. The number of benzene rings is 1. The van der Waals surface area contributed by atoms with Crippen LogP contribution in [0.4, 0.5) is 11.6 Å². The number of nitrogens with zero attached hydrogens (tertiary/aromatic N) is 2. The fourth-order valence-electron chi connectivity index (χ4n) is 3.04. The zero-order valence-electron chi connectivity index (χ0n) is 13.9. The summed E-state index contributed by atoms with van der Waals surface area (Å²) in [6.45, 7) is 7.42. The van der Waals surface area contributed by atoms with E-state index < -0.39 is 0 Å². The quantitative estimate of drug-likeness (QED) is 0.861. The monoisotopic (exact) mass is 312 g/mol. The minimum absolute atomic E-state index is 0.00634. The Morgan fingerprint density at radius 2 is 1.91 bits per heavy atom. The molecule has 23 heavy (non-hydrogen) atoms. The molecule has 0 saturated heterocycles. The van der Waals surface area contributed by atoms with Gasteiger partial charge in [-0.15, -0.1) is 0 Å². The summed E-state index contributed by atoms with van der Waals surface area (Å²) in [5, 5.41) is 3.20. The van der Waals surface area contributed by atoms with Crippen LogP contribution in [0.1, 0.15) is 37.1 Å². The van der Waals surface area contributed by atoms with Gasteiger partial charge in [0.1, 0.15) is 0 Å². The summed E-state index contributed by atoms with van der Waals surface area (Å²) in [4.78, 5) is 21.8. The van der Waals surface area contributed by atoms with Crippen molar-refractivity contribution in [2.75, 3.05) is 18.4 Å². The molecule has 0 bridgehead atoms. The first-order chi connectivity index (χ1) is 11.2. The number of aromatic amines is 1. The van der Waals surface area contributed by atoms with Crippen LogP contribution in [0, 0.1) is 0 Å². The van der Waals surface area contributed by atoms with Crippen LogP contribution >= 0.6 is 0 Å². The summed E-state index contributed by atoms with van der Waals surface area (Å²) in [5.41, 5.74) is 4.01. The minimum atomic E-state index is -0.00634. The van der Waals surface area contributed by atoms with Crippen molar-refractivity contribution in [1.29, 1.82) is 0 Å². The van der Waals surface area contributed by atoms with Crippen LogP contribution in [0.15, 0.2) is 29.1 Å². The number of H-pyrrole nitrogens is 1. The van der Waals surface area contributed by atoms with E-state index >= 15 is 0 Å². The number of rotatable bonds is 6. The molecule has 5 heteroatoms. The summed E-state index contributed by atoms with van der Waals surface area (Å²) >= 11 is 0. The normalized spacial score (nSPS) is 13.3. The number of nitrogens with one attached hydrogen (secondary N) is 2. The molecule has 0 fully saturated rings. The number of aromatic nitrogens is 2. The van der Waals surface area contributed by atoms with E-state index in [4.69, 9.17) is 0 Å². The van der Waals surface area contributed by atoms with Crippen molar-refractivity contribution in [3.05, 3.63) is 51.4 Å². The second kappa shape index (κ2) is 6.96. The molecule has 1 aliphatic rings. The summed E-state index contributed by atoms with van der Waals surface area (Å²) in [6, 6.07) is 8.30. The lowest BCUT2D eigenvalue weighted by Crippen LogP contribution is -2.22. The molecule has 1 aromatic heterocycles. The molecular formula is C18H24N4O. The Balaban J connectivity index is 1.71. The van der Waals surface area contributed by atoms with Crippen LogP contribution in [-0.4, -0.2) is 28.0 Å². The predicted molar refractivity (Wildman–Crippen MR) is 93.2 cm³/mol. The van der Waals surface area contributed by atoms with Gasteiger partial charge in [-0.25, -0.2) is 4.98 Å². The molecule has 1 aliphatic carbocycles. The average Bonchev–Trinajstić information content (AvgIpc) is 3.03. The maximum absolute atomic E-state index is 12.0. The molecule has 1 aromatic carbocycles. The van der Waals surface area contributed by atoms with Crippen molar-refractivity contribution in [2.45, 2.75) is 39.7 Å². The second-order valence-corrected chi connectivity index (χ2v) is 5.98. The third kappa shape index (κ3) is 3.62. The molecule has 0 radical (unpaired) electrons. The molecule has 1 heterocycles. The van der Waals surface area contributed by atoms with E-state index in [0.717, 1.165) is 55.8 Å². The molecule has 0 atom stereocenters. The van der Waals surface area contributed by atoms with E-state index in [1.54, 1.807) is 0 Å². The maximum atomic E-state index is 12.0. The van der Waals surface area contributed by atoms with Crippen molar-refractivity contribution in [2.24, 2.45) is 0 Å². The summed E-state index contributed by atoms with van der Waals surface area (Å²) in [7, 11) is 0. The van der Waals surface area contributed by atoms with E-state index in [1.807, 2.05) is 12.1 Å². The lowest BCUT2D eigenvalue weighted by atomic mass is 10.2. The minimum Gasteiger partial charge on any atom is -0.326 e. The number of hydrogen-bond acceptors (Lipinski definition) is 4. The van der Waals surface area contributed by atoms with Gasteiger partial charge in [-0.1, -0.05) is 26.0 Å². The summed E-state index contributed by atoms with van der Waals surface area (Å²) < 4.78 is 0. The Morgan fingerprint density at radius 1 is 1.17 bits per heavy atom. The molecule has 2 aromatic rings. The second-order valence-electron chi connectivity index (χ2n) is 5.98. The van der Waals surface area contributed by atoms with Gasteiger partial charge in [0, 0.05) is 17.8 Å². The Labute approximate surface area is 136 Å². The fourth-order valence-corrected chi connectivity index (χ4v) is 3.04. The number of hydrogen-bond donors (Lipinski definition) is 2. The molecule has 0 saturated carbocycles. The Bertz CT molecular complexity index is 717. The third-order valence-electron chi connectivity index (χ3n) is 4.46. The van der Waals surface area contributed by atoms with Gasteiger partial charge in [0.2, 0.25) is 5.95 Å². The fraction of sp³-hybridized carbons (Fsp3) is 0.444. The highest BCUT2D eigenvalue weighted by Crippen LogP contribution is 2.19. The number of fused-ring (bicyclic) bond motifs is 1.